The van der Waals surface area contributed by atoms with Gasteiger partial charge in [0.15, 0.2) is 0 Å². The Kier molecular flexibility index (Phi) is 4.24. The summed E-state index contributed by atoms with van der Waals surface area (Å²) in [5.74, 6) is 0. The van der Waals surface area contributed by atoms with E-state index in [9.17, 15) is 10.1 Å². The molecule has 1 heterocycles. The van der Waals surface area contributed by atoms with Crippen LogP contribution >= 0.6 is 12.4 Å². The molecule has 12 heavy (non-hydrogen) atoms. The maximum absolute atomic E-state index is 10.1. The summed E-state index contributed by atoms with van der Waals surface area (Å²) in [6.45, 7) is 0.937. The summed E-state index contributed by atoms with van der Waals surface area (Å²) in [6, 6.07) is 0. The third kappa shape index (κ3) is 2.48. The SMILES string of the molecule is Cl.NCCn1cc([N+](=O)[O-])cn1. The molecule has 0 saturated carbocycles. The molecule has 0 aliphatic heterocycles. The van der Waals surface area contributed by atoms with Crippen molar-refractivity contribution < 1.29 is 4.92 Å². The molecule has 1 aromatic rings. The largest absolute Gasteiger partial charge is 0.329 e. The zero-order valence-corrected chi connectivity index (χ0v) is 7.03. The summed E-state index contributed by atoms with van der Waals surface area (Å²) in [6.07, 6.45) is 2.56. The van der Waals surface area contributed by atoms with Crippen LogP contribution in [0.4, 0.5) is 5.69 Å². The lowest BCUT2D eigenvalue weighted by atomic mass is 10.6. The second-order valence-electron chi connectivity index (χ2n) is 2.01. The van der Waals surface area contributed by atoms with Crippen molar-refractivity contribution in [1.29, 1.82) is 0 Å². The summed E-state index contributed by atoms with van der Waals surface area (Å²) in [7, 11) is 0. The van der Waals surface area contributed by atoms with Gasteiger partial charge in [-0.1, -0.05) is 0 Å². The Morgan fingerprint density at radius 2 is 2.42 bits per heavy atom. The first-order valence-electron chi connectivity index (χ1n) is 3.11. The van der Waals surface area contributed by atoms with Gasteiger partial charge in [0, 0.05) is 6.54 Å². The van der Waals surface area contributed by atoms with Crippen LogP contribution in [-0.2, 0) is 6.54 Å². The van der Waals surface area contributed by atoms with Crippen LogP contribution in [0.15, 0.2) is 12.4 Å². The van der Waals surface area contributed by atoms with Gasteiger partial charge in [-0.3, -0.25) is 14.8 Å². The van der Waals surface area contributed by atoms with Crippen LogP contribution in [0.2, 0.25) is 0 Å². The molecule has 1 aromatic heterocycles. The first kappa shape index (κ1) is 10.9. The number of rotatable bonds is 3. The minimum absolute atomic E-state index is 0. The maximum Gasteiger partial charge on any atom is 0.306 e. The summed E-state index contributed by atoms with van der Waals surface area (Å²) in [5.41, 5.74) is 5.21. The van der Waals surface area contributed by atoms with Crippen molar-refractivity contribution in [3.05, 3.63) is 22.5 Å². The van der Waals surface area contributed by atoms with E-state index < -0.39 is 4.92 Å². The van der Waals surface area contributed by atoms with Crippen molar-refractivity contribution in [2.75, 3.05) is 6.54 Å². The Morgan fingerprint density at radius 3 is 2.83 bits per heavy atom. The normalized spacial score (nSPS) is 9.08. The second kappa shape index (κ2) is 4.68. The second-order valence-corrected chi connectivity index (χ2v) is 2.01. The molecule has 6 nitrogen and oxygen atoms in total. The van der Waals surface area contributed by atoms with Gasteiger partial charge >= 0.3 is 5.69 Å². The number of nitro groups is 1. The Morgan fingerprint density at radius 1 is 1.75 bits per heavy atom. The van der Waals surface area contributed by atoms with Crippen LogP contribution < -0.4 is 5.73 Å². The van der Waals surface area contributed by atoms with Crippen molar-refractivity contribution in [3.63, 3.8) is 0 Å². The molecular weight excluding hydrogens is 184 g/mol. The number of hydrogen-bond acceptors (Lipinski definition) is 4. The topological polar surface area (TPSA) is 87.0 Å². The molecule has 1 rings (SSSR count). The zero-order chi connectivity index (χ0) is 8.27. The Bertz CT molecular complexity index is 262. The smallest absolute Gasteiger partial charge is 0.306 e. The molecule has 0 aliphatic carbocycles. The molecule has 0 aromatic carbocycles. The van der Waals surface area contributed by atoms with E-state index in [1.54, 1.807) is 0 Å². The lowest BCUT2D eigenvalue weighted by molar-refractivity contribution is -0.385. The van der Waals surface area contributed by atoms with Crippen LogP contribution in [0, 0.1) is 10.1 Å². The molecule has 68 valence electrons. The zero-order valence-electron chi connectivity index (χ0n) is 6.21. The standard InChI is InChI=1S/C5H8N4O2.ClH/c6-1-2-8-4-5(3-7-8)9(10)11;/h3-4H,1-2,6H2;1H. The summed E-state index contributed by atoms with van der Waals surface area (Å²) in [4.78, 5) is 9.65. The Hall–Kier alpha value is -1.14. The van der Waals surface area contributed by atoms with Gasteiger partial charge in [0.2, 0.25) is 0 Å². The molecule has 0 saturated heterocycles. The summed E-state index contributed by atoms with van der Waals surface area (Å²) in [5, 5.41) is 13.9. The molecule has 0 unspecified atom stereocenters. The Labute approximate surface area is 74.9 Å². The van der Waals surface area contributed by atoms with Crippen LogP contribution in [0.1, 0.15) is 0 Å². The van der Waals surface area contributed by atoms with E-state index in [1.165, 1.54) is 17.1 Å². The first-order valence-corrected chi connectivity index (χ1v) is 3.11. The van der Waals surface area contributed by atoms with E-state index >= 15 is 0 Å². The fourth-order valence-electron chi connectivity index (χ4n) is 0.701. The highest BCUT2D eigenvalue weighted by Crippen LogP contribution is 2.06. The van der Waals surface area contributed by atoms with E-state index in [0.717, 1.165) is 0 Å². The van der Waals surface area contributed by atoms with Crippen LogP contribution in [0.3, 0.4) is 0 Å². The number of halogens is 1. The molecule has 0 spiro atoms. The van der Waals surface area contributed by atoms with Gasteiger partial charge in [0.25, 0.3) is 0 Å². The fraction of sp³-hybridized carbons (Fsp3) is 0.400. The highest BCUT2D eigenvalue weighted by molar-refractivity contribution is 5.85. The quantitative estimate of drug-likeness (QED) is 0.546. The lowest BCUT2D eigenvalue weighted by Crippen LogP contribution is -2.09. The third-order valence-corrected chi connectivity index (χ3v) is 1.19. The molecule has 0 amide bonds. The monoisotopic (exact) mass is 192 g/mol. The van der Waals surface area contributed by atoms with Gasteiger partial charge in [0.05, 0.1) is 11.5 Å². The van der Waals surface area contributed by atoms with Crippen molar-refractivity contribution >= 4 is 18.1 Å². The van der Waals surface area contributed by atoms with E-state index in [2.05, 4.69) is 5.10 Å². The predicted octanol–water partition coefficient (Wildman–Crippen LogP) is 0.172. The van der Waals surface area contributed by atoms with Crippen LogP contribution in [-0.4, -0.2) is 21.2 Å². The first-order chi connectivity index (χ1) is 5.24. The highest BCUT2D eigenvalue weighted by Gasteiger charge is 2.07. The number of aromatic nitrogens is 2. The van der Waals surface area contributed by atoms with E-state index in [1.807, 2.05) is 0 Å². The van der Waals surface area contributed by atoms with Crippen LogP contribution in [0.5, 0.6) is 0 Å². The van der Waals surface area contributed by atoms with Gasteiger partial charge in [-0.2, -0.15) is 5.10 Å². The average Bonchev–Trinajstić information content (AvgIpc) is 2.37. The average molecular weight is 193 g/mol. The highest BCUT2D eigenvalue weighted by atomic mass is 35.5. The van der Waals surface area contributed by atoms with Crippen molar-refractivity contribution in [3.8, 4) is 0 Å². The van der Waals surface area contributed by atoms with Gasteiger partial charge in [-0.15, -0.1) is 12.4 Å². The number of hydrogen-bond donors (Lipinski definition) is 1. The lowest BCUT2D eigenvalue weighted by Gasteiger charge is -1.92. The third-order valence-electron chi connectivity index (χ3n) is 1.19. The van der Waals surface area contributed by atoms with Gasteiger partial charge in [-0.05, 0) is 0 Å². The number of nitrogens with zero attached hydrogens (tertiary/aromatic N) is 3. The molecule has 0 fully saturated rings. The minimum Gasteiger partial charge on any atom is -0.329 e. The van der Waals surface area contributed by atoms with E-state index in [-0.39, 0.29) is 18.1 Å². The molecule has 0 aliphatic rings. The summed E-state index contributed by atoms with van der Waals surface area (Å²) < 4.78 is 1.44. The van der Waals surface area contributed by atoms with E-state index in [4.69, 9.17) is 5.73 Å². The van der Waals surface area contributed by atoms with Gasteiger partial charge in [-0.25, -0.2) is 0 Å². The van der Waals surface area contributed by atoms with Gasteiger partial charge < -0.3 is 5.73 Å². The van der Waals surface area contributed by atoms with Crippen molar-refractivity contribution in [1.82, 2.24) is 9.78 Å². The van der Waals surface area contributed by atoms with Crippen molar-refractivity contribution in [2.45, 2.75) is 6.54 Å². The molecule has 0 radical (unpaired) electrons. The number of nitrogens with two attached hydrogens (primary N) is 1. The van der Waals surface area contributed by atoms with Gasteiger partial charge in [0.1, 0.15) is 12.4 Å². The van der Waals surface area contributed by atoms with Crippen LogP contribution in [0.25, 0.3) is 0 Å². The summed E-state index contributed by atoms with van der Waals surface area (Å²) >= 11 is 0. The predicted molar refractivity (Wildman–Crippen MR) is 45.2 cm³/mol. The Balaban J connectivity index is 0.00000121. The molecule has 7 heteroatoms. The fourth-order valence-corrected chi connectivity index (χ4v) is 0.701. The molecule has 0 atom stereocenters. The minimum atomic E-state index is -0.486. The van der Waals surface area contributed by atoms with E-state index in [0.29, 0.717) is 13.1 Å². The molecular formula is C5H9ClN4O2. The maximum atomic E-state index is 10.1. The molecule has 2 N–H and O–H groups in total. The molecule has 0 bridgehead atoms. The van der Waals surface area contributed by atoms with Crippen molar-refractivity contribution in [2.24, 2.45) is 5.73 Å².